The molecule has 2 N–H and O–H groups in total. The number of aromatic nitrogens is 5. The largest absolute Gasteiger partial charge is 0.354 e. The molecule has 11 nitrogen and oxygen atoms in total. The summed E-state index contributed by atoms with van der Waals surface area (Å²) in [6, 6.07) is 9.16. The van der Waals surface area contributed by atoms with Crippen LogP contribution < -0.4 is 10.6 Å². The number of hydrogen-bond acceptors (Lipinski definition) is 6. The lowest BCUT2D eigenvalue weighted by Crippen LogP contribution is -2.56. The predicted molar refractivity (Wildman–Crippen MR) is 153 cm³/mol. The number of benzene rings is 1. The van der Waals surface area contributed by atoms with Gasteiger partial charge in [-0.3, -0.25) is 23.7 Å². The first kappa shape index (κ1) is 28.5. The number of piperidine rings is 1. The van der Waals surface area contributed by atoms with Crippen LogP contribution in [0.4, 0.5) is 0 Å². The summed E-state index contributed by atoms with van der Waals surface area (Å²) in [6.07, 6.45) is 4.28. The molecule has 2 bridgehead atoms. The van der Waals surface area contributed by atoms with Crippen LogP contribution in [0.25, 0.3) is 0 Å². The van der Waals surface area contributed by atoms with Crippen molar-refractivity contribution in [2.24, 2.45) is 5.41 Å². The Morgan fingerprint density at radius 1 is 1.10 bits per heavy atom. The molecule has 2 aliphatic heterocycles. The fourth-order valence-corrected chi connectivity index (χ4v) is 6.08. The number of likely N-dealkylation sites (tertiary alicyclic amines) is 1. The van der Waals surface area contributed by atoms with E-state index in [1.165, 1.54) is 0 Å². The Labute approximate surface area is 240 Å². The second-order valence-electron chi connectivity index (χ2n) is 11.7. The van der Waals surface area contributed by atoms with Gasteiger partial charge in [0.25, 0.3) is 5.91 Å². The standard InChI is InChI=1S/C30H40N8O3/c1-20(2)38-22(4)26(21(3)34-38)28(40)36-15-11-30(12-16-36)18-24-19-37(35-33-24)14-8-13-31-27(39)25(32-29(30)41)17-23-9-6-5-7-10-23/h5-7,9-10,19-20,25H,8,11-18H2,1-4H3,(H,31,39)(H,32,41)/t25-/m0/s1. The Morgan fingerprint density at radius 3 is 2.51 bits per heavy atom. The van der Waals surface area contributed by atoms with E-state index in [-0.39, 0.29) is 23.8 Å². The van der Waals surface area contributed by atoms with E-state index in [0.29, 0.717) is 69.5 Å². The molecule has 0 unspecified atom stereocenters. The van der Waals surface area contributed by atoms with Crippen LogP contribution >= 0.6 is 0 Å². The highest BCUT2D eigenvalue weighted by Gasteiger charge is 2.44. The van der Waals surface area contributed by atoms with Gasteiger partial charge in [-0.05, 0) is 52.5 Å². The van der Waals surface area contributed by atoms with Gasteiger partial charge in [0, 0.05) is 57.0 Å². The van der Waals surface area contributed by atoms with Gasteiger partial charge in [0.05, 0.1) is 22.4 Å². The first-order chi connectivity index (χ1) is 19.7. The molecule has 0 radical (unpaired) electrons. The molecule has 5 rings (SSSR count). The van der Waals surface area contributed by atoms with Gasteiger partial charge in [0.2, 0.25) is 11.8 Å². The maximum atomic E-state index is 14.1. The summed E-state index contributed by atoms with van der Waals surface area (Å²) in [7, 11) is 0. The van der Waals surface area contributed by atoms with Crippen molar-refractivity contribution in [3.05, 3.63) is 64.7 Å². The molecular weight excluding hydrogens is 520 g/mol. The van der Waals surface area contributed by atoms with E-state index < -0.39 is 11.5 Å². The number of hydrogen-bond donors (Lipinski definition) is 2. The summed E-state index contributed by atoms with van der Waals surface area (Å²) in [5.41, 5.74) is 3.09. The molecule has 11 heteroatoms. The summed E-state index contributed by atoms with van der Waals surface area (Å²) >= 11 is 0. The maximum absolute atomic E-state index is 14.1. The van der Waals surface area contributed by atoms with Crippen molar-refractivity contribution in [3.63, 3.8) is 0 Å². The van der Waals surface area contributed by atoms with Crippen LogP contribution in [-0.2, 0) is 29.0 Å². The first-order valence-corrected chi connectivity index (χ1v) is 14.5. The van der Waals surface area contributed by atoms with Crippen molar-refractivity contribution >= 4 is 17.7 Å². The summed E-state index contributed by atoms with van der Waals surface area (Å²) in [6.45, 7) is 9.83. The quantitative estimate of drug-likeness (QED) is 0.505. The van der Waals surface area contributed by atoms with E-state index in [0.717, 1.165) is 17.0 Å². The number of nitrogens with zero attached hydrogens (tertiary/aromatic N) is 6. The number of amides is 3. The Hall–Kier alpha value is -4.02. The molecule has 1 fully saturated rings. The second-order valence-corrected chi connectivity index (χ2v) is 11.7. The van der Waals surface area contributed by atoms with E-state index in [9.17, 15) is 14.4 Å². The smallest absolute Gasteiger partial charge is 0.257 e. The van der Waals surface area contributed by atoms with Gasteiger partial charge in [0.15, 0.2) is 0 Å². The van der Waals surface area contributed by atoms with Crippen molar-refractivity contribution < 1.29 is 14.4 Å². The fourth-order valence-electron chi connectivity index (χ4n) is 6.08. The van der Waals surface area contributed by atoms with Gasteiger partial charge in [0.1, 0.15) is 6.04 Å². The lowest BCUT2D eigenvalue weighted by Gasteiger charge is -2.41. The van der Waals surface area contributed by atoms with Crippen molar-refractivity contribution in [2.75, 3.05) is 19.6 Å². The molecule has 0 saturated carbocycles. The Bertz CT molecular complexity index is 1400. The molecule has 0 aliphatic carbocycles. The zero-order chi connectivity index (χ0) is 29.1. The van der Waals surface area contributed by atoms with Crippen LogP contribution in [0.3, 0.4) is 0 Å². The van der Waals surface area contributed by atoms with E-state index in [1.807, 2.05) is 73.8 Å². The van der Waals surface area contributed by atoms with Crippen molar-refractivity contribution in [3.8, 4) is 0 Å². The molecule has 41 heavy (non-hydrogen) atoms. The van der Waals surface area contributed by atoms with Crippen LogP contribution in [0.2, 0.25) is 0 Å². The molecular formula is C30H40N8O3. The average Bonchev–Trinajstić information content (AvgIpc) is 3.53. The number of fused-ring (bicyclic) bond motifs is 2. The number of carbonyl (C=O) groups excluding carboxylic acids is 3. The first-order valence-electron chi connectivity index (χ1n) is 14.5. The molecule has 1 spiro atoms. The van der Waals surface area contributed by atoms with Gasteiger partial charge in [-0.25, -0.2) is 0 Å². The molecule has 1 saturated heterocycles. The van der Waals surface area contributed by atoms with Gasteiger partial charge in [-0.15, -0.1) is 5.10 Å². The summed E-state index contributed by atoms with van der Waals surface area (Å²) < 4.78 is 3.65. The lowest BCUT2D eigenvalue weighted by molar-refractivity contribution is -0.137. The number of carbonyl (C=O) groups is 3. The van der Waals surface area contributed by atoms with E-state index in [1.54, 1.807) is 4.68 Å². The molecule has 218 valence electrons. The third kappa shape index (κ3) is 6.03. The predicted octanol–water partition coefficient (Wildman–Crippen LogP) is 2.38. The minimum absolute atomic E-state index is 0.0564. The second kappa shape index (κ2) is 11.8. The molecule has 3 amide bonds. The van der Waals surface area contributed by atoms with Crippen LogP contribution in [0.5, 0.6) is 0 Å². The van der Waals surface area contributed by atoms with Crippen molar-refractivity contribution in [1.29, 1.82) is 0 Å². The molecule has 1 aromatic carbocycles. The number of nitrogens with one attached hydrogen (secondary N) is 2. The van der Waals surface area contributed by atoms with Crippen LogP contribution in [0, 0.1) is 19.3 Å². The highest BCUT2D eigenvalue weighted by atomic mass is 16.2. The molecule has 4 heterocycles. The van der Waals surface area contributed by atoms with Gasteiger partial charge in [-0.2, -0.15) is 5.10 Å². The minimum atomic E-state index is -0.826. The highest BCUT2D eigenvalue weighted by Crippen LogP contribution is 2.36. The van der Waals surface area contributed by atoms with E-state index in [2.05, 4.69) is 26.0 Å². The zero-order valence-corrected chi connectivity index (χ0v) is 24.4. The van der Waals surface area contributed by atoms with Gasteiger partial charge >= 0.3 is 0 Å². The topological polar surface area (TPSA) is 127 Å². The summed E-state index contributed by atoms with van der Waals surface area (Å²) in [5.74, 6) is -0.440. The van der Waals surface area contributed by atoms with E-state index in [4.69, 9.17) is 0 Å². The Morgan fingerprint density at radius 2 is 1.83 bits per heavy atom. The highest BCUT2D eigenvalue weighted by molar-refractivity contribution is 5.97. The molecule has 2 aliphatic rings. The van der Waals surface area contributed by atoms with Crippen LogP contribution in [-0.4, -0.2) is 73.1 Å². The van der Waals surface area contributed by atoms with E-state index >= 15 is 0 Å². The van der Waals surface area contributed by atoms with Crippen molar-refractivity contribution in [1.82, 2.24) is 40.3 Å². The monoisotopic (exact) mass is 560 g/mol. The third-order valence-electron chi connectivity index (χ3n) is 8.39. The maximum Gasteiger partial charge on any atom is 0.257 e. The molecule has 2 aromatic heterocycles. The SMILES string of the molecule is Cc1nn(C(C)C)c(C)c1C(=O)N1CCC2(CC1)Cc1cn(nn1)CCCNC(=O)[C@H](Cc1ccccc1)NC2=O. The number of rotatable bonds is 4. The Balaban J connectivity index is 1.40. The van der Waals surface area contributed by atoms with Gasteiger partial charge in [-0.1, -0.05) is 35.5 Å². The zero-order valence-electron chi connectivity index (χ0n) is 24.4. The normalized spacial score (nSPS) is 19.7. The van der Waals surface area contributed by atoms with Crippen LogP contribution in [0.15, 0.2) is 36.5 Å². The number of aryl methyl sites for hydroxylation is 2. The third-order valence-corrected chi connectivity index (χ3v) is 8.39. The summed E-state index contributed by atoms with van der Waals surface area (Å²) in [5, 5.41) is 19.3. The van der Waals surface area contributed by atoms with Gasteiger partial charge < -0.3 is 15.5 Å². The lowest BCUT2D eigenvalue weighted by atomic mass is 9.73. The van der Waals surface area contributed by atoms with Crippen LogP contribution in [0.1, 0.15) is 72.2 Å². The molecule has 1 atom stereocenters. The van der Waals surface area contributed by atoms with Crippen molar-refractivity contribution in [2.45, 2.75) is 78.4 Å². The minimum Gasteiger partial charge on any atom is -0.354 e. The average molecular weight is 561 g/mol. The molecule has 3 aromatic rings. The Kier molecular flexibility index (Phi) is 8.23. The summed E-state index contributed by atoms with van der Waals surface area (Å²) in [4.78, 5) is 42.9. The fraction of sp³-hybridized carbons (Fsp3) is 0.533.